The van der Waals surface area contributed by atoms with Gasteiger partial charge < -0.3 is 43.4 Å². The van der Waals surface area contributed by atoms with Crippen LogP contribution < -0.4 is 33.2 Å². The molecule has 41 heavy (non-hydrogen) atoms. The molecule has 0 saturated heterocycles. The molecule has 0 spiro atoms. The normalized spacial score (nSPS) is 13.7. The maximum Gasteiger partial charge on any atom is 0.326 e. The van der Waals surface area contributed by atoms with Crippen molar-refractivity contribution in [3.8, 4) is 5.75 Å². The number of benzene rings is 2. The van der Waals surface area contributed by atoms with E-state index in [9.17, 15) is 34.2 Å². The van der Waals surface area contributed by atoms with Crippen LogP contribution in [0.2, 0.25) is 0 Å². The van der Waals surface area contributed by atoms with Gasteiger partial charge in [-0.3, -0.25) is 19.2 Å². The van der Waals surface area contributed by atoms with Gasteiger partial charge in [-0.1, -0.05) is 42.5 Å². The quantitative estimate of drug-likeness (QED) is 0.109. The maximum atomic E-state index is 13.2. The number of primary amides is 1. The van der Waals surface area contributed by atoms with Crippen molar-refractivity contribution in [1.29, 1.82) is 0 Å². The van der Waals surface area contributed by atoms with Gasteiger partial charge in [-0.05, 0) is 55.5 Å². The molecule has 2 rings (SSSR count). The fourth-order valence-corrected chi connectivity index (χ4v) is 4.02. The van der Waals surface area contributed by atoms with Crippen LogP contribution in [0.15, 0.2) is 54.6 Å². The fourth-order valence-electron chi connectivity index (χ4n) is 4.02. The van der Waals surface area contributed by atoms with Crippen LogP contribution in [0.1, 0.15) is 36.8 Å². The molecular weight excluding hydrogens is 532 g/mol. The van der Waals surface area contributed by atoms with Crippen LogP contribution in [0, 0.1) is 0 Å². The molecule has 4 unspecified atom stereocenters. The molecule has 13 nitrogen and oxygen atoms in total. The molecule has 4 atom stereocenters. The second-order valence-corrected chi connectivity index (χ2v) is 9.64. The molecular formula is C28H38N6O7. The Hall–Kier alpha value is -4.49. The summed E-state index contributed by atoms with van der Waals surface area (Å²) in [5, 5.41) is 26.5. The Kier molecular flexibility index (Phi) is 13.2. The lowest BCUT2D eigenvalue weighted by Crippen LogP contribution is -2.58. The van der Waals surface area contributed by atoms with Crippen molar-refractivity contribution in [2.24, 2.45) is 17.2 Å². The van der Waals surface area contributed by atoms with Gasteiger partial charge >= 0.3 is 5.97 Å². The molecule has 222 valence electrons. The van der Waals surface area contributed by atoms with E-state index in [2.05, 4.69) is 16.0 Å². The highest BCUT2D eigenvalue weighted by atomic mass is 16.4. The summed E-state index contributed by atoms with van der Waals surface area (Å²) in [5.74, 6) is -4.43. The maximum absolute atomic E-state index is 13.2. The first kappa shape index (κ1) is 32.7. The van der Waals surface area contributed by atoms with E-state index in [1.165, 1.54) is 12.1 Å². The number of carbonyl (C=O) groups is 5. The molecule has 0 fully saturated rings. The van der Waals surface area contributed by atoms with Gasteiger partial charge in [0.15, 0.2) is 0 Å². The Bertz CT molecular complexity index is 1180. The van der Waals surface area contributed by atoms with E-state index in [0.29, 0.717) is 30.5 Å². The minimum Gasteiger partial charge on any atom is -0.508 e. The van der Waals surface area contributed by atoms with Crippen LogP contribution in [0.25, 0.3) is 0 Å². The first-order valence-corrected chi connectivity index (χ1v) is 13.2. The van der Waals surface area contributed by atoms with E-state index in [0.717, 1.165) is 0 Å². The summed E-state index contributed by atoms with van der Waals surface area (Å²) in [6.07, 6.45) is 0.648. The van der Waals surface area contributed by atoms with Gasteiger partial charge in [0.2, 0.25) is 23.6 Å². The predicted molar refractivity (Wildman–Crippen MR) is 150 cm³/mol. The number of carboxylic acid groups (broad SMARTS) is 1. The third-order valence-electron chi connectivity index (χ3n) is 6.24. The Balaban J connectivity index is 2.13. The number of aromatic hydroxyl groups is 1. The smallest absolute Gasteiger partial charge is 0.326 e. The monoisotopic (exact) mass is 570 g/mol. The molecule has 0 aliphatic rings. The lowest BCUT2D eigenvalue weighted by molar-refractivity contribution is -0.142. The van der Waals surface area contributed by atoms with Gasteiger partial charge in [0.25, 0.3) is 0 Å². The predicted octanol–water partition coefficient (Wildman–Crippen LogP) is -0.952. The second-order valence-electron chi connectivity index (χ2n) is 9.64. The Morgan fingerprint density at radius 1 is 0.732 bits per heavy atom. The number of hydrogen-bond donors (Lipinski definition) is 8. The molecule has 2 aromatic rings. The van der Waals surface area contributed by atoms with Crippen molar-refractivity contribution in [3.05, 3.63) is 65.7 Å². The van der Waals surface area contributed by atoms with Crippen LogP contribution in [0.4, 0.5) is 0 Å². The van der Waals surface area contributed by atoms with Gasteiger partial charge in [-0.25, -0.2) is 4.79 Å². The lowest BCUT2D eigenvalue weighted by Gasteiger charge is -2.25. The SMILES string of the molecule is NCCCCC(NC(=O)C(CC(N)=O)NC(=O)C(N)Cc1ccc(O)cc1)C(=O)NC(Cc1ccccc1)C(=O)O. The number of phenolic OH excluding ortho intramolecular Hbond substituents is 1. The molecule has 0 radical (unpaired) electrons. The van der Waals surface area contributed by atoms with Crippen molar-refractivity contribution >= 4 is 29.6 Å². The molecule has 0 aliphatic heterocycles. The number of unbranched alkanes of at least 4 members (excludes halogenated alkanes) is 1. The van der Waals surface area contributed by atoms with Crippen molar-refractivity contribution < 1.29 is 34.2 Å². The molecule has 0 saturated carbocycles. The summed E-state index contributed by atoms with van der Waals surface area (Å²) in [5.41, 5.74) is 18.2. The van der Waals surface area contributed by atoms with E-state index >= 15 is 0 Å². The number of phenols is 1. The minimum absolute atomic E-state index is 0.0185. The second kappa shape index (κ2) is 16.6. The molecule has 2 aromatic carbocycles. The van der Waals surface area contributed by atoms with Gasteiger partial charge in [0.1, 0.15) is 23.9 Å². The summed E-state index contributed by atoms with van der Waals surface area (Å²) in [7, 11) is 0. The zero-order valence-electron chi connectivity index (χ0n) is 22.6. The third-order valence-corrected chi connectivity index (χ3v) is 6.24. The average molecular weight is 571 g/mol. The molecule has 0 heterocycles. The van der Waals surface area contributed by atoms with Crippen molar-refractivity contribution in [2.75, 3.05) is 6.54 Å². The number of hydrogen-bond acceptors (Lipinski definition) is 8. The van der Waals surface area contributed by atoms with Gasteiger partial charge in [0.05, 0.1) is 12.5 Å². The Morgan fingerprint density at radius 2 is 1.29 bits per heavy atom. The average Bonchev–Trinajstić information content (AvgIpc) is 2.93. The van der Waals surface area contributed by atoms with Gasteiger partial charge in [-0.2, -0.15) is 0 Å². The van der Waals surface area contributed by atoms with Crippen LogP contribution >= 0.6 is 0 Å². The number of carbonyl (C=O) groups excluding carboxylic acids is 4. The van der Waals surface area contributed by atoms with Crippen molar-refractivity contribution in [2.45, 2.75) is 62.7 Å². The van der Waals surface area contributed by atoms with Crippen LogP contribution in [0.3, 0.4) is 0 Å². The minimum atomic E-state index is -1.43. The standard InChI is InChI=1S/C28H38N6O7/c29-13-5-4-8-21(26(38)34-23(28(40)41)15-17-6-2-1-3-7-17)32-27(39)22(16-24(31)36)33-25(37)20(30)14-18-9-11-19(35)12-10-18/h1-3,6-7,9-12,20-23,35H,4-5,8,13-16,29-30H2,(H2,31,36)(H,32,39)(H,33,37)(H,34,38)(H,40,41). The summed E-state index contributed by atoms with van der Waals surface area (Å²) in [6.45, 7) is 0.341. The highest BCUT2D eigenvalue weighted by molar-refractivity contribution is 5.96. The highest BCUT2D eigenvalue weighted by Gasteiger charge is 2.31. The molecule has 0 aliphatic carbocycles. The number of nitrogens with one attached hydrogen (secondary N) is 3. The molecule has 0 aromatic heterocycles. The van der Waals surface area contributed by atoms with Crippen molar-refractivity contribution in [1.82, 2.24) is 16.0 Å². The van der Waals surface area contributed by atoms with Crippen LogP contribution in [-0.2, 0) is 36.8 Å². The van der Waals surface area contributed by atoms with E-state index in [1.54, 1.807) is 42.5 Å². The zero-order valence-corrected chi connectivity index (χ0v) is 22.6. The largest absolute Gasteiger partial charge is 0.508 e. The Morgan fingerprint density at radius 3 is 1.88 bits per heavy atom. The molecule has 0 bridgehead atoms. The summed E-state index contributed by atoms with van der Waals surface area (Å²) < 4.78 is 0. The first-order chi connectivity index (χ1) is 19.5. The number of aliphatic carboxylic acids is 1. The number of nitrogens with two attached hydrogens (primary N) is 3. The lowest BCUT2D eigenvalue weighted by atomic mass is 10.0. The molecule has 4 amide bonds. The fraction of sp³-hybridized carbons (Fsp3) is 0.393. The number of rotatable bonds is 17. The molecule has 13 heteroatoms. The Labute approximate surface area is 237 Å². The van der Waals surface area contributed by atoms with E-state index < -0.39 is 60.2 Å². The van der Waals surface area contributed by atoms with Crippen molar-refractivity contribution in [3.63, 3.8) is 0 Å². The highest BCUT2D eigenvalue weighted by Crippen LogP contribution is 2.11. The van der Waals surface area contributed by atoms with Crippen LogP contribution in [-0.4, -0.2) is 70.5 Å². The topological polar surface area (TPSA) is 240 Å². The van der Waals surface area contributed by atoms with E-state index in [-0.39, 0.29) is 25.0 Å². The molecule has 11 N–H and O–H groups in total. The third kappa shape index (κ3) is 11.6. The summed E-state index contributed by atoms with van der Waals surface area (Å²) in [6, 6.07) is 9.80. The van der Waals surface area contributed by atoms with Crippen LogP contribution in [0.5, 0.6) is 5.75 Å². The summed E-state index contributed by atoms with van der Waals surface area (Å²) >= 11 is 0. The zero-order chi connectivity index (χ0) is 30.4. The number of amides is 4. The van der Waals surface area contributed by atoms with Gasteiger partial charge in [0, 0.05) is 6.42 Å². The van der Waals surface area contributed by atoms with E-state index in [1.807, 2.05) is 0 Å². The van der Waals surface area contributed by atoms with E-state index in [4.69, 9.17) is 17.2 Å². The summed E-state index contributed by atoms with van der Waals surface area (Å²) in [4.78, 5) is 62.6. The van der Waals surface area contributed by atoms with Gasteiger partial charge in [-0.15, -0.1) is 0 Å². The number of carboxylic acids is 1. The first-order valence-electron chi connectivity index (χ1n) is 13.2.